The van der Waals surface area contributed by atoms with Crippen LogP contribution in [0.5, 0.6) is 5.75 Å². The zero-order valence-electron chi connectivity index (χ0n) is 23.1. The minimum atomic E-state index is -4.70. The molecule has 5 rings (SSSR count). The number of morpholine rings is 1. The third-order valence-corrected chi connectivity index (χ3v) is 7.19. The van der Waals surface area contributed by atoms with Crippen LogP contribution in [0.15, 0.2) is 30.6 Å². The fraction of sp³-hybridized carbons (Fsp3) is 0.517. The fourth-order valence-electron chi connectivity index (χ4n) is 5.40. The van der Waals surface area contributed by atoms with E-state index >= 15 is 0 Å². The minimum absolute atomic E-state index is 0.101. The van der Waals surface area contributed by atoms with Crippen LogP contribution < -0.4 is 10.1 Å². The number of alkyl halides is 3. The number of fused-ring (bicyclic) bond motifs is 1. The number of methoxy groups -OCH3 is 1. The van der Waals surface area contributed by atoms with E-state index in [2.05, 4.69) is 10.3 Å². The number of pyridine rings is 1. The molecule has 0 saturated carbocycles. The Morgan fingerprint density at radius 3 is 2.45 bits per heavy atom. The largest absolute Gasteiger partial charge is 0.496 e. The van der Waals surface area contributed by atoms with Gasteiger partial charge in [-0.15, -0.1) is 0 Å². The summed E-state index contributed by atoms with van der Waals surface area (Å²) in [4.78, 5) is 17.1. The van der Waals surface area contributed by atoms with Crippen LogP contribution in [0.1, 0.15) is 62.3 Å². The van der Waals surface area contributed by atoms with Gasteiger partial charge in [0.25, 0.3) is 0 Å². The summed E-state index contributed by atoms with van der Waals surface area (Å²) in [5.74, 6) is 0.881. The Labute approximate surface area is 230 Å². The van der Waals surface area contributed by atoms with E-state index in [9.17, 15) is 18.0 Å². The maximum Gasteiger partial charge on any atom is 0.420 e. The zero-order valence-corrected chi connectivity index (χ0v) is 23.1. The molecule has 2 aliphatic heterocycles. The van der Waals surface area contributed by atoms with E-state index in [1.54, 1.807) is 27.9 Å². The van der Waals surface area contributed by atoms with Crippen LogP contribution in [0.25, 0.3) is 22.2 Å². The predicted octanol–water partition coefficient (Wildman–Crippen LogP) is 6.07. The van der Waals surface area contributed by atoms with Crippen LogP contribution in [0.3, 0.4) is 0 Å². The normalized spacial score (nSPS) is 19.1. The molecule has 2 aromatic heterocycles. The Morgan fingerprint density at radius 1 is 1.07 bits per heavy atom. The first-order chi connectivity index (χ1) is 19.0. The smallest absolute Gasteiger partial charge is 0.420 e. The summed E-state index contributed by atoms with van der Waals surface area (Å²) < 4.78 is 65.7. The molecule has 4 heterocycles. The van der Waals surface area contributed by atoms with Crippen molar-refractivity contribution in [2.45, 2.75) is 57.3 Å². The van der Waals surface area contributed by atoms with Gasteiger partial charge in [0.15, 0.2) is 0 Å². The summed E-state index contributed by atoms with van der Waals surface area (Å²) in [6, 6.07) is 5.15. The summed E-state index contributed by atoms with van der Waals surface area (Å²) in [5, 5.41) is 3.32. The maximum atomic E-state index is 14.1. The molecule has 2 fully saturated rings. The van der Waals surface area contributed by atoms with E-state index in [4.69, 9.17) is 18.9 Å². The molecule has 0 amide bonds. The number of carbonyl (C=O) groups is 1. The van der Waals surface area contributed by atoms with Gasteiger partial charge in [-0.2, -0.15) is 13.2 Å². The molecule has 1 aromatic carbocycles. The van der Waals surface area contributed by atoms with Gasteiger partial charge in [0, 0.05) is 48.7 Å². The molecule has 216 valence electrons. The molecule has 1 atom stereocenters. The number of hydrogen-bond acceptors (Lipinski definition) is 7. The lowest BCUT2D eigenvalue weighted by atomic mass is 9.83. The van der Waals surface area contributed by atoms with Crippen molar-refractivity contribution in [1.82, 2.24) is 14.9 Å². The maximum absolute atomic E-state index is 14.1. The number of aromatic nitrogens is 2. The first-order valence-corrected chi connectivity index (χ1v) is 13.4. The van der Waals surface area contributed by atoms with Crippen LogP contribution in [0.4, 0.5) is 18.0 Å². The van der Waals surface area contributed by atoms with Crippen LogP contribution in [0, 0.1) is 0 Å². The van der Waals surface area contributed by atoms with Gasteiger partial charge in [-0.1, -0.05) is 0 Å². The zero-order chi connectivity index (χ0) is 28.7. The highest BCUT2D eigenvalue weighted by Gasteiger charge is 2.37. The van der Waals surface area contributed by atoms with Crippen molar-refractivity contribution in [2.75, 3.05) is 40.1 Å². The van der Waals surface area contributed by atoms with Crippen molar-refractivity contribution < 1.29 is 36.9 Å². The van der Waals surface area contributed by atoms with Gasteiger partial charge in [-0.05, 0) is 68.9 Å². The molecule has 2 aliphatic rings. The molecule has 0 aliphatic carbocycles. The molecule has 3 aromatic rings. The average molecular weight is 562 g/mol. The molecule has 2 saturated heterocycles. The molecular weight excluding hydrogens is 527 g/mol. The molecule has 40 heavy (non-hydrogen) atoms. The van der Waals surface area contributed by atoms with Crippen molar-refractivity contribution >= 4 is 17.1 Å². The van der Waals surface area contributed by atoms with Gasteiger partial charge in [-0.3, -0.25) is 0 Å². The van der Waals surface area contributed by atoms with E-state index in [0.717, 1.165) is 34.7 Å². The average Bonchev–Trinajstić information content (AvgIpc) is 3.32. The second kappa shape index (κ2) is 11.0. The summed E-state index contributed by atoms with van der Waals surface area (Å²) in [6.07, 6.45) is -1.72. The highest BCUT2D eigenvalue weighted by molar-refractivity contribution is 5.92. The first kappa shape index (κ1) is 28.4. The van der Waals surface area contributed by atoms with E-state index < -0.39 is 23.4 Å². The number of ether oxygens (including phenoxy) is 4. The number of halogens is 3. The summed E-state index contributed by atoms with van der Waals surface area (Å²) >= 11 is 0. The van der Waals surface area contributed by atoms with E-state index in [-0.39, 0.29) is 23.0 Å². The number of hydrogen-bond donors (Lipinski definition) is 1. The van der Waals surface area contributed by atoms with Crippen molar-refractivity contribution in [2.24, 2.45) is 0 Å². The van der Waals surface area contributed by atoms with Crippen molar-refractivity contribution in [3.63, 3.8) is 0 Å². The lowest BCUT2D eigenvalue weighted by Crippen LogP contribution is -2.35. The third-order valence-electron chi connectivity index (χ3n) is 7.19. The monoisotopic (exact) mass is 561 g/mol. The number of benzene rings is 1. The van der Waals surface area contributed by atoms with Gasteiger partial charge in [0.1, 0.15) is 17.0 Å². The SMILES string of the molecule is COc1cc(-c2cnc3c(c2)c(C(F)(F)F)cn3C(=O)OC(C)(C)C)cc([C@H]2COCCN2)c1C1CCOCC1. The highest BCUT2D eigenvalue weighted by Crippen LogP contribution is 2.43. The van der Waals surface area contributed by atoms with Crippen LogP contribution in [-0.2, 0) is 20.4 Å². The third kappa shape index (κ3) is 5.82. The van der Waals surface area contributed by atoms with E-state index in [1.807, 2.05) is 12.1 Å². The van der Waals surface area contributed by atoms with Crippen LogP contribution >= 0.6 is 0 Å². The lowest BCUT2D eigenvalue weighted by molar-refractivity contribution is -0.136. The summed E-state index contributed by atoms with van der Waals surface area (Å²) in [7, 11) is 1.60. The molecule has 0 bridgehead atoms. The Bertz CT molecular complexity index is 1380. The topological polar surface area (TPSA) is 83.8 Å². The Hall–Kier alpha value is -3.15. The first-order valence-electron chi connectivity index (χ1n) is 13.4. The Kier molecular flexibility index (Phi) is 7.82. The molecule has 8 nitrogen and oxygen atoms in total. The van der Waals surface area contributed by atoms with Crippen molar-refractivity contribution in [1.29, 1.82) is 0 Å². The van der Waals surface area contributed by atoms with Crippen molar-refractivity contribution in [3.05, 3.63) is 47.3 Å². The number of carbonyl (C=O) groups excluding carboxylic acids is 1. The van der Waals surface area contributed by atoms with Gasteiger partial charge >= 0.3 is 12.3 Å². The second-order valence-corrected chi connectivity index (χ2v) is 11.1. The number of rotatable bonds is 4. The second-order valence-electron chi connectivity index (χ2n) is 11.1. The Balaban J connectivity index is 1.65. The molecular formula is C29H34F3N3O5. The lowest BCUT2D eigenvalue weighted by Gasteiger charge is -2.32. The van der Waals surface area contributed by atoms with Gasteiger partial charge in [0.2, 0.25) is 0 Å². The standard InChI is InChI=1S/C29H34F3N3O5/c1-28(2,3)40-27(36)35-15-22(29(30,31)32)20-12-19(14-34-26(20)35)18-11-21(23-16-39-10-7-33-23)25(24(13-18)37-4)17-5-8-38-9-6-17/h11-15,17,23,33H,5-10,16H2,1-4H3/t23-/m1/s1. The molecule has 0 spiro atoms. The molecule has 0 radical (unpaired) electrons. The van der Waals surface area contributed by atoms with Gasteiger partial charge in [0.05, 0.1) is 31.9 Å². The predicted molar refractivity (Wildman–Crippen MR) is 143 cm³/mol. The van der Waals surface area contributed by atoms with E-state index in [0.29, 0.717) is 49.8 Å². The molecule has 11 heteroatoms. The number of nitrogens with zero attached hydrogens (tertiary/aromatic N) is 2. The summed E-state index contributed by atoms with van der Waals surface area (Å²) in [5.41, 5.74) is 1.20. The van der Waals surface area contributed by atoms with Gasteiger partial charge in [-0.25, -0.2) is 14.3 Å². The highest BCUT2D eigenvalue weighted by atomic mass is 19.4. The minimum Gasteiger partial charge on any atom is -0.496 e. The molecule has 1 N–H and O–H groups in total. The van der Waals surface area contributed by atoms with Gasteiger partial charge < -0.3 is 24.3 Å². The Morgan fingerprint density at radius 2 is 1.82 bits per heavy atom. The van der Waals surface area contributed by atoms with E-state index in [1.165, 1.54) is 12.3 Å². The fourth-order valence-corrected chi connectivity index (χ4v) is 5.40. The van der Waals surface area contributed by atoms with Crippen LogP contribution in [-0.4, -0.2) is 61.3 Å². The quantitative estimate of drug-likeness (QED) is 0.414. The van der Waals surface area contributed by atoms with Crippen LogP contribution in [0.2, 0.25) is 0 Å². The summed E-state index contributed by atoms with van der Waals surface area (Å²) in [6.45, 7) is 8.01. The molecule has 0 unspecified atom stereocenters. The number of nitrogens with one attached hydrogen (secondary N) is 1. The van der Waals surface area contributed by atoms with Crippen molar-refractivity contribution in [3.8, 4) is 16.9 Å².